The Labute approximate surface area is 116 Å². The molecular formula is C13H14N2O4S. The molecule has 0 radical (unpaired) electrons. The Morgan fingerprint density at radius 2 is 2.10 bits per heavy atom. The lowest BCUT2D eigenvalue weighted by Gasteiger charge is -2.07. The first-order valence-electron chi connectivity index (χ1n) is 5.95. The number of benzene rings is 1. The normalized spacial score (nSPS) is 11.4. The summed E-state index contributed by atoms with van der Waals surface area (Å²) in [5.74, 6) is -1.27. The van der Waals surface area contributed by atoms with Gasteiger partial charge in [-0.05, 0) is 31.2 Å². The molecule has 1 aromatic heterocycles. The van der Waals surface area contributed by atoms with Crippen LogP contribution in [0.15, 0.2) is 41.4 Å². The molecule has 106 valence electrons. The number of aromatic carboxylic acids is 1. The Hall–Kier alpha value is -2.15. The van der Waals surface area contributed by atoms with Gasteiger partial charge in [-0.2, -0.15) is 5.10 Å². The lowest BCUT2D eigenvalue weighted by atomic mass is 10.2. The maximum atomic E-state index is 12.2. The van der Waals surface area contributed by atoms with E-state index < -0.39 is 15.8 Å². The third-order valence-corrected chi connectivity index (χ3v) is 4.63. The molecule has 0 spiro atoms. The van der Waals surface area contributed by atoms with Gasteiger partial charge in [0.15, 0.2) is 9.84 Å². The van der Waals surface area contributed by atoms with Crippen molar-refractivity contribution in [3.05, 3.63) is 47.8 Å². The second-order valence-corrected chi connectivity index (χ2v) is 6.46. The summed E-state index contributed by atoms with van der Waals surface area (Å²) in [6.07, 6.45) is 1.60. The van der Waals surface area contributed by atoms with E-state index in [1.165, 1.54) is 24.3 Å². The Morgan fingerprint density at radius 1 is 1.35 bits per heavy atom. The van der Waals surface area contributed by atoms with E-state index in [2.05, 4.69) is 5.10 Å². The molecule has 2 aromatic rings. The summed E-state index contributed by atoms with van der Waals surface area (Å²) in [5, 5.41) is 12.9. The zero-order valence-electron chi connectivity index (χ0n) is 10.9. The number of carbonyl (C=O) groups is 1. The number of carboxylic acids is 1. The van der Waals surface area contributed by atoms with Crippen LogP contribution in [0.4, 0.5) is 0 Å². The molecule has 0 saturated carbocycles. The van der Waals surface area contributed by atoms with Crippen LogP contribution < -0.4 is 0 Å². The average molecular weight is 294 g/mol. The zero-order valence-corrected chi connectivity index (χ0v) is 11.7. The van der Waals surface area contributed by atoms with Gasteiger partial charge in [0.1, 0.15) is 0 Å². The van der Waals surface area contributed by atoms with E-state index in [1.54, 1.807) is 16.9 Å². The van der Waals surface area contributed by atoms with Crippen molar-refractivity contribution >= 4 is 15.8 Å². The molecule has 0 unspecified atom stereocenters. The molecule has 0 bridgehead atoms. The first kappa shape index (κ1) is 14.3. The third kappa shape index (κ3) is 3.05. The number of sulfone groups is 1. The molecule has 1 aromatic carbocycles. The number of aromatic nitrogens is 2. The molecule has 0 aliphatic heterocycles. The first-order valence-corrected chi connectivity index (χ1v) is 7.60. The molecule has 0 amide bonds. The smallest absolute Gasteiger partial charge is 0.335 e. The standard InChI is InChI=1S/C13H14N2O4S/c1-10-5-6-14-15(10)7-8-20(18,19)12-4-2-3-11(9-12)13(16)17/h2-6,9H,7-8H2,1H3,(H,16,17). The van der Waals surface area contributed by atoms with Crippen LogP contribution in [0.5, 0.6) is 0 Å². The van der Waals surface area contributed by atoms with Gasteiger partial charge in [0.2, 0.25) is 0 Å². The number of rotatable bonds is 5. The van der Waals surface area contributed by atoms with Crippen LogP contribution in [-0.4, -0.2) is 35.0 Å². The molecule has 2 rings (SSSR count). The summed E-state index contributed by atoms with van der Waals surface area (Å²) in [6, 6.07) is 7.15. The molecule has 1 N–H and O–H groups in total. The van der Waals surface area contributed by atoms with E-state index in [9.17, 15) is 13.2 Å². The molecule has 6 nitrogen and oxygen atoms in total. The molecule has 0 saturated heterocycles. The van der Waals surface area contributed by atoms with Crippen LogP contribution >= 0.6 is 0 Å². The van der Waals surface area contributed by atoms with Gasteiger partial charge in [-0.3, -0.25) is 4.68 Å². The maximum Gasteiger partial charge on any atom is 0.335 e. The zero-order chi connectivity index (χ0) is 14.8. The Bertz CT molecular complexity index is 734. The predicted molar refractivity (Wildman–Crippen MR) is 72.4 cm³/mol. The Kier molecular flexibility index (Phi) is 3.89. The van der Waals surface area contributed by atoms with Gasteiger partial charge in [-0.1, -0.05) is 6.07 Å². The minimum absolute atomic E-state index is 0.0159. The quantitative estimate of drug-likeness (QED) is 0.899. The van der Waals surface area contributed by atoms with Gasteiger partial charge >= 0.3 is 5.97 Å². The van der Waals surface area contributed by atoms with Gasteiger partial charge in [0, 0.05) is 11.9 Å². The number of carboxylic acid groups (broad SMARTS) is 1. The molecule has 0 fully saturated rings. The minimum Gasteiger partial charge on any atom is -0.478 e. The minimum atomic E-state index is -3.53. The van der Waals surface area contributed by atoms with Crippen molar-refractivity contribution in [2.45, 2.75) is 18.4 Å². The van der Waals surface area contributed by atoms with Crippen LogP contribution in [-0.2, 0) is 16.4 Å². The second kappa shape index (κ2) is 5.46. The fourth-order valence-corrected chi connectivity index (χ4v) is 3.02. The molecule has 7 heteroatoms. The lowest BCUT2D eigenvalue weighted by molar-refractivity contribution is 0.0696. The molecule has 0 aliphatic carbocycles. The highest BCUT2D eigenvalue weighted by molar-refractivity contribution is 7.91. The third-order valence-electron chi connectivity index (χ3n) is 2.94. The van der Waals surface area contributed by atoms with Crippen LogP contribution in [0.25, 0.3) is 0 Å². The number of nitrogens with zero attached hydrogens (tertiary/aromatic N) is 2. The van der Waals surface area contributed by atoms with Crippen LogP contribution in [0.3, 0.4) is 0 Å². The van der Waals surface area contributed by atoms with Gasteiger partial charge in [-0.15, -0.1) is 0 Å². The molecular weight excluding hydrogens is 280 g/mol. The van der Waals surface area contributed by atoms with E-state index in [0.717, 1.165) is 5.69 Å². The van der Waals surface area contributed by atoms with Crippen molar-refractivity contribution in [1.29, 1.82) is 0 Å². The fraction of sp³-hybridized carbons (Fsp3) is 0.231. The Balaban J connectivity index is 2.20. The van der Waals surface area contributed by atoms with Crippen LogP contribution in [0.1, 0.15) is 16.1 Å². The SMILES string of the molecule is Cc1ccnn1CCS(=O)(=O)c1cccc(C(=O)O)c1. The van der Waals surface area contributed by atoms with E-state index in [-0.39, 0.29) is 22.8 Å². The van der Waals surface area contributed by atoms with Crippen molar-refractivity contribution < 1.29 is 18.3 Å². The highest BCUT2D eigenvalue weighted by atomic mass is 32.2. The van der Waals surface area contributed by atoms with Gasteiger partial charge in [0.25, 0.3) is 0 Å². The van der Waals surface area contributed by atoms with Gasteiger partial charge < -0.3 is 5.11 Å². The van der Waals surface area contributed by atoms with Gasteiger partial charge in [0.05, 0.1) is 22.8 Å². The summed E-state index contributed by atoms with van der Waals surface area (Å²) < 4.78 is 26.0. The van der Waals surface area contributed by atoms with E-state index >= 15 is 0 Å². The number of aryl methyl sites for hydroxylation is 2. The molecule has 20 heavy (non-hydrogen) atoms. The van der Waals surface area contributed by atoms with Crippen molar-refractivity contribution in [3.63, 3.8) is 0 Å². The second-order valence-electron chi connectivity index (χ2n) is 4.35. The summed E-state index contributed by atoms with van der Waals surface area (Å²) in [6.45, 7) is 2.07. The fourth-order valence-electron chi connectivity index (χ4n) is 1.78. The number of hydrogen-bond acceptors (Lipinski definition) is 4. The molecule has 1 heterocycles. The van der Waals surface area contributed by atoms with Crippen molar-refractivity contribution in [1.82, 2.24) is 9.78 Å². The molecule has 0 atom stereocenters. The van der Waals surface area contributed by atoms with Crippen molar-refractivity contribution in [2.75, 3.05) is 5.75 Å². The first-order chi connectivity index (χ1) is 9.40. The molecule has 0 aliphatic rings. The maximum absolute atomic E-state index is 12.2. The summed E-state index contributed by atoms with van der Waals surface area (Å²) in [7, 11) is -3.53. The van der Waals surface area contributed by atoms with Crippen molar-refractivity contribution in [3.8, 4) is 0 Å². The van der Waals surface area contributed by atoms with E-state index in [4.69, 9.17) is 5.11 Å². The Morgan fingerprint density at radius 3 is 2.70 bits per heavy atom. The summed E-state index contributed by atoms with van der Waals surface area (Å²) >= 11 is 0. The van der Waals surface area contributed by atoms with Crippen molar-refractivity contribution in [2.24, 2.45) is 0 Å². The summed E-state index contributed by atoms with van der Waals surface area (Å²) in [5.41, 5.74) is 0.834. The highest BCUT2D eigenvalue weighted by Crippen LogP contribution is 2.14. The summed E-state index contributed by atoms with van der Waals surface area (Å²) in [4.78, 5) is 10.9. The largest absolute Gasteiger partial charge is 0.478 e. The van der Waals surface area contributed by atoms with E-state index in [0.29, 0.717) is 0 Å². The topological polar surface area (TPSA) is 89.3 Å². The van der Waals surface area contributed by atoms with Crippen LogP contribution in [0, 0.1) is 6.92 Å². The lowest BCUT2D eigenvalue weighted by Crippen LogP contribution is -2.15. The predicted octanol–water partition coefficient (Wildman–Crippen LogP) is 1.36. The number of hydrogen-bond donors (Lipinski definition) is 1. The highest BCUT2D eigenvalue weighted by Gasteiger charge is 2.16. The monoisotopic (exact) mass is 294 g/mol. The van der Waals surface area contributed by atoms with E-state index in [1.807, 2.05) is 6.92 Å². The van der Waals surface area contributed by atoms with Gasteiger partial charge in [-0.25, -0.2) is 13.2 Å². The van der Waals surface area contributed by atoms with Crippen LogP contribution in [0.2, 0.25) is 0 Å². The average Bonchev–Trinajstić information content (AvgIpc) is 2.82.